The van der Waals surface area contributed by atoms with E-state index in [1.807, 2.05) is 0 Å². The highest BCUT2D eigenvalue weighted by Gasteiger charge is 2.50. The second-order valence-corrected chi connectivity index (χ2v) is 4.55. The Morgan fingerprint density at radius 2 is 2.00 bits per heavy atom. The maximum Gasteiger partial charge on any atom is 0.379 e. The highest BCUT2D eigenvalue weighted by Crippen LogP contribution is 2.29. The summed E-state index contributed by atoms with van der Waals surface area (Å²) in [5.74, 6) is -2.22. The van der Waals surface area contributed by atoms with Crippen LogP contribution in [0, 0.1) is 5.92 Å². The maximum absolute atomic E-state index is 13.6. The lowest BCUT2D eigenvalue weighted by Gasteiger charge is -2.25. The Kier molecular flexibility index (Phi) is 4.01. The summed E-state index contributed by atoms with van der Waals surface area (Å²) in [5, 5.41) is -3.36. The molecule has 0 aliphatic carbocycles. The SMILES string of the molecule is CCC(=O)OC(F)(C(C)C)S(=O)(=O)O. The molecule has 0 saturated carbocycles. The van der Waals surface area contributed by atoms with Gasteiger partial charge in [0.05, 0.1) is 0 Å². The Labute approximate surface area is 82.0 Å². The van der Waals surface area contributed by atoms with E-state index in [9.17, 15) is 17.6 Å². The third-order valence-corrected chi connectivity index (χ3v) is 2.84. The molecular formula is C7H13FO5S. The van der Waals surface area contributed by atoms with Crippen LogP contribution in [-0.2, 0) is 19.6 Å². The number of ether oxygens (including phenoxy) is 1. The summed E-state index contributed by atoms with van der Waals surface area (Å²) in [6.45, 7) is 3.74. The van der Waals surface area contributed by atoms with Crippen molar-refractivity contribution in [2.75, 3.05) is 0 Å². The summed E-state index contributed by atoms with van der Waals surface area (Å²) in [4.78, 5) is 10.7. The number of carbonyl (C=O) groups is 1. The molecule has 1 unspecified atom stereocenters. The fourth-order valence-electron chi connectivity index (χ4n) is 0.696. The second-order valence-electron chi connectivity index (χ2n) is 3.04. The Hall–Kier alpha value is -0.690. The van der Waals surface area contributed by atoms with Gasteiger partial charge in [-0.1, -0.05) is 20.8 Å². The van der Waals surface area contributed by atoms with Crippen molar-refractivity contribution in [3.8, 4) is 0 Å². The zero-order valence-electron chi connectivity index (χ0n) is 8.15. The third kappa shape index (κ3) is 2.65. The molecule has 0 heterocycles. The zero-order valence-corrected chi connectivity index (χ0v) is 8.97. The van der Waals surface area contributed by atoms with Gasteiger partial charge in [0.1, 0.15) is 0 Å². The van der Waals surface area contributed by atoms with Gasteiger partial charge in [-0.3, -0.25) is 9.35 Å². The number of carbonyl (C=O) groups excluding carboxylic acids is 1. The predicted molar refractivity (Wildman–Crippen MR) is 46.6 cm³/mol. The maximum atomic E-state index is 13.6. The second kappa shape index (κ2) is 4.22. The van der Waals surface area contributed by atoms with Crippen molar-refractivity contribution in [1.82, 2.24) is 0 Å². The first-order chi connectivity index (χ1) is 6.15. The van der Waals surface area contributed by atoms with Crippen LogP contribution in [0.5, 0.6) is 0 Å². The molecule has 0 aromatic heterocycles. The van der Waals surface area contributed by atoms with Crippen LogP contribution >= 0.6 is 0 Å². The Morgan fingerprint density at radius 1 is 1.57 bits per heavy atom. The van der Waals surface area contributed by atoms with Gasteiger partial charge in [0.15, 0.2) is 0 Å². The first kappa shape index (κ1) is 13.3. The van der Waals surface area contributed by atoms with E-state index in [1.165, 1.54) is 20.8 Å². The molecule has 0 saturated heterocycles. The first-order valence-corrected chi connectivity index (χ1v) is 5.47. The molecule has 1 N–H and O–H groups in total. The van der Waals surface area contributed by atoms with Crippen molar-refractivity contribution in [2.45, 2.75) is 32.4 Å². The molecule has 84 valence electrons. The van der Waals surface area contributed by atoms with Crippen LogP contribution in [0.1, 0.15) is 27.2 Å². The molecule has 0 aromatic carbocycles. The predicted octanol–water partition coefficient (Wildman–Crippen LogP) is 1.11. The molecule has 0 aliphatic rings. The van der Waals surface area contributed by atoms with Crippen molar-refractivity contribution in [3.05, 3.63) is 0 Å². The molecule has 0 bridgehead atoms. The van der Waals surface area contributed by atoms with Crippen molar-refractivity contribution in [3.63, 3.8) is 0 Å². The van der Waals surface area contributed by atoms with Gasteiger partial charge < -0.3 is 4.74 Å². The lowest BCUT2D eigenvalue weighted by molar-refractivity contribution is -0.171. The molecule has 0 radical (unpaired) electrons. The molecule has 14 heavy (non-hydrogen) atoms. The summed E-state index contributed by atoms with van der Waals surface area (Å²) >= 11 is 0. The normalized spacial score (nSPS) is 16.4. The minimum Gasteiger partial charge on any atom is -0.412 e. The molecule has 0 aromatic rings. The van der Waals surface area contributed by atoms with E-state index in [0.717, 1.165) is 0 Å². The Morgan fingerprint density at radius 3 is 2.21 bits per heavy atom. The topological polar surface area (TPSA) is 80.7 Å². The van der Waals surface area contributed by atoms with Crippen LogP contribution in [0.25, 0.3) is 0 Å². The van der Waals surface area contributed by atoms with E-state index in [4.69, 9.17) is 4.55 Å². The average molecular weight is 228 g/mol. The molecule has 0 rings (SSSR count). The number of hydrogen-bond donors (Lipinski definition) is 1. The molecular weight excluding hydrogens is 215 g/mol. The van der Waals surface area contributed by atoms with Crippen molar-refractivity contribution in [2.24, 2.45) is 5.92 Å². The molecule has 0 spiro atoms. The van der Waals surface area contributed by atoms with E-state index in [1.54, 1.807) is 0 Å². The van der Waals surface area contributed by atoms with Crippen LogP contribution in [0.2, 0.25) is 0 Å². The van der Waals surface area contributed by atoms with Gasteiger partial charge in [0.25, 0.3) is 0 Å². The summed E-state index contributed by atoms with van der Waals surface area (Å²) in [5.41, 5.74) is 0. The minimum absolute atomic E-state index is 0.173. The highest BCUT2D eigenvalue weighted by atomic mass is 32.2. The monoisotopic (exact) mass is 228 g/mol. The lowest BCUT2D eigenvalue weighted by atomic mass is 10.2. The minimum atomic E-state index is -5.08. The van der Waals surface area contributed by atoms with Gasteiger partial charge >= 0.3 is 21.3 Å². The van der Waals surface area contributed by atoms with Crippen LogP contribution in [-0.4, -0.2) is 24.1 Å². The molecule has 0 amide bonds. The molecule has 0 fully saturated rings. The van der Waals surface area contributed by atoms with E-state index in [-0.39, 0.29) is 6.42 Å². The summed E-state index contributed by atoms with van der Waals surface area (Å²) < 4.78 is 47.5. The van der Waals surface area contributed by atoms with Gasteiger partial charge in [0, 0.05) is 12.3 Å². The van der Waals surface area contributed by atoms with Crippen molar-refractivity contribution < 1.29 is 26.9 Å². The third-order valence-electron chi connectivity index (χ3n) is 1.58. The number of esters is 1. The molecule has 7 heteroatoms. The molecule has 1 atom stereocenters. The standard InChI is InChI=1S/C7H13FO5S/c1-4-6(9)13-7(8,5(2)3)14(10,11)12/h5H,4H2,1-3H3,(H,10,11,12). The van der Waals surface area contributed by atoms with Crippen molar-refractivity contribution in [1.29, 1.82) is 0 Å². The van der Waals surface area contributed by atoms with Crippen LogP contribution in [0.3, 0.4) is 0 Å². The lowest BCUT2D eigenvalue weighted by Crippen LogP contribution is -2.43. The van der Waals surface area contributed by atoms with Gasteiger partial charge in [-0.25, -0.2) is 0 Å². The Balaban J connectivity index is 5.04. The summed E-state index contributed by atoms with van der Waals surface area (Å²) in [7, 11) is -5.08. The molecule has 0 aliphatic heterocycles. The largest absolute Gasteiger partial charge is 0.412 e. The number of halogens is 1. The van der Waals surface area contributed by atoms with E-state index in [2.05, 4.69) is 4.74 Å². The number of rotatable bonds is 4. The van der Waals surface area contributed by atoms with Crippen molar-refractivity contribution >= 4 is 16.1 Å². The van der Waals surface area contributed by atoms with Gasteiger partial charge in [-0.2, -0.15) is 12.8 Å². The Bertz CT molecular complexity index is 310. The fraction of sp³-hybridized carbons (Fsp3) is 0.857. The highest BCUT2D eigenvalue weighted by molar-refractivity contribution is 7.86. The zero-order chi connectivity index (χ0) is 11.6. The van der Waals surface area contributed by atoms with Gasteiger partial charge in [0.2, 0.25) is 0 Å². The van der Waals surface area contributed by atoms with Gasteiger partial charge in [-0.15, -0.1) is 0 Å². The average Bonchev–Trinajstić information content (AvgIpc) is 2.01. The number of alkyl halides is 1. The summed E-state index contributed by atoms with van der Waals surface area (Å²) in [6.07, 6.45) is -0.173. The van der Waals surface area contributed by atoms with Crippen LogP contribution in [0.4, 0.5) is 4.39 Å². The first-order valence-electron chi connectivity index (χ1n) is 4.03. The van der Waals surface area contributed by atoms with Crippen LogP contribution in [0.15, 0.2) is 0 Å². The van der Waals surface area contributed by atoms with E-state index in [0.29, 0.717) is 0 Å². The fourth-order valence-corrected chi connectivity index (χ4v) is 1.49. The van der Waals surface area contributed by atoms with E-state index < -0.39 is 27.2 Å². The van der Waals surface area contributed by atoms with E-state index >= 15 is 0 Å². The van der Waals surface area contributed by atoms with Gasteiger partial charge in [-0.05, 0) is 0 Å². The number of hydrogen-bond acceptors (Lipinski definition) is 4. The smallest absolute Gasteiger partial charge is 0.379 e. The summed E-state index contributed by atoms with van der Waals surface area (Å²) in [6, 6.07) is 0. The molecule has 5 nitrogen and oxygen atoms in total. The quantitative estimate of drug-likeness (QED) is 0.575. The van der Waals surface area contributed by atoms with Crippen LogP contribution < -0.4 is 0 Å².